The number of ether oxygens (including phenoxy) is 3. The molecular formula is C22H24N3O6+. The first kappa shape index (κ1) is 20.5. The normalized spacial score (nSPS) is 13.0. The molecule has 1 aliphatic carbocycles. The van der Waals surface area contributed by atoms with Gasteiger partial charge < -0.3 is 19.1 Å². The van der Waals surface area contributed by atoms with Crippen LogP contribution in [-0.2, 0) is 6.54 Å². The molecule has 0 atom stereocenters. The standard InChI is InChI=1S/C22H23N3O6/c1-28-16-11-9-15(10-12-16)25-17(22(27)31-23-25)13-24(14-7-8-14)21(26)20-18(29-2)5-4-6-19(20)30-3/h4-6,9-12,14H,7-8,13H2,1-3H3/p+1. The predicted molar refractivity (Wildman–Crippen MR) is 110 cm³/mol. The smallest absolute Gasteiger partial charge is 0.432 e. The van der Waals surface area contributed by atoms with Crippen LogP contribution in [0.5, 0.6) is 17.2 Å². The summed E-state index contributed by atoms with van der Waals surface area (Å²) >= 11 is 0. The van der Waals surface area contributed by atoms with Gasteiger partial charge in [0.15, 0.2) is 0 Å². The van der Waals surface area contributed by atoms with Crippen LogP contribution in [0.15, 0.2) is 51.8 Å². The van der Waals surface area contributed by atoms with Gasteiger partial charge in [0.05, 0.1) is 21.3 Å². The van der Waals surface area contributed by atoms with Crippen LogP contribution in [0, 0.1) is 0 Å². The van der Waals surface area contributed by atoms with Crippen LogP contribution in [0.2, 0.25) is 0 Å². The lowest BCUT2D eigenvalue weighted by atomic mass is 10.1. The topological polar surface area (TPSA) is 97.9 Å². The summed E-state index contributed by atoms with van der Waals surface area (Å²) in [6, 6.07) is 12.4. The van der Waals surface area contributed by atoms with E-state index in [9.17, 15) is 9.59 Å². The SMILES string of the molecule is COc1ccc(-[n+]2[nH]oc(=O)c2CN(C(=O)c2c(OC)cccc2OC)C2CC2)cc1. The number of methoxy groups -OCH3 is 3. The van der Waals surface area contributed by atoms with E-state index in [0.29, 0.717) is 34.2 Å². The van der Waals surface area contributed by atoms with Gasteiger partial charge in [-0.25, -0.2) is 4.79 Å². The summed E-state index contributed by atoms with van der Waals surface area (Å²) in [6.07, 6.45) is 1.73. The molecule has 0 aliphatic heterocycles. The number of hydrogen-bond donors (Lipinski definition) is 1. The van der Waals surface area contributed by atoms with Gasteiger partial charge in [-0.3, -0.25) is 9.32 Å². The minimum Gasteiger partial charge on any atom is -0.497 e. The number of nitrogens with zero attached hydrogens (tertiary/aromatic N) is 2. The Morgan fingerprint density at radius 3 is 2.26 bits per heavy atom. The second-order valence-corrected chi connectivity index (χ2v) is 7.16. The minimum absolute atomic E-state index is 0.0285. The van der Waals surface area contributed by atoms with Crippen molar-refractivity contribution in [3.63, 3.8) is 0 Å². The summed E-state index contributed by atoms with van der Waals surface area (Å²) in [5.41, 5.74) is 0.774. The maximum atomic E-state index is 13.6. The van der Waals surface area contributed by atoms with Crippen LogP contribution in [0.3, 0.4) is 0 Å². The zero-order chi connectivity index (χ0) is 22.0. The highest BCUT2D eigenvalue weighted by atomic mass is 16.5. The summed E-state index contributed by atoms with van der Waals surface area (Å²) in [4.78, 5) is 27.7. The van der Waals surface area contributed by atoms with Crippen molar-refractivity contribution in [3.8, 4) is 22.9 Å². The molecule has 3 aromatic rings. The highest BCUT2D eigenvalue weighted by molar-refractivity contribution is 6.00. The molecule has 1 heterocycles. The van der Waals surface area contributed by atoms with E-state index in [0.717, 1.165) is 12.8 Å². The lowest BCUT2D eigenvalue weighted by molar-refractivity contribution is -0.678. The number of aromatic nitrogens is 2. The number of carbonyl (C=O) groups excluding carboxylic acids is 1. The van der Waals surface area contributed by atoms with Crippen molar-refractivity contribution < 1.29 is 28.2 Å². The van der Waals surface area contributed by atoms with Crippen LogP contribution in [0.1, 0.15) is 28.9 Å². The fourth-order valence-corrected chi connectivity index (χ4v) is 3.49. The van der Waals surface area contributed by atoms with Crippen molar-refractivity contribution in [2.45, 2.75) is 25.4 Å². The Bertz CT molecular complexity index is 1110. The van der Waals surface area contributed by atoms with Gasteiger partial charge in [-0.1, -0.05) is 6.07 Å². The average molecular weight is 426 g/mol. The molecular weight excluding hydrogens is 402 g/mol. The van der Waals surface area contributed by atoms with E-state index in [-0.39, 0.29) is 18.5 Å². The van der Waals surface area contributed by atoms with Crippen molar-refractivity contribution in [2.24, 2.45) is 0 Å². The van der Waals surface area contributed by atoms with Crippen molar-refractivity contribution in [3.05, 3.63) is 64.1 Å². The molecule has 0 bridgehead atoms. The first-order valence-electron chi connectivity index (χ1n) is 9.86. The van der Waals surface area contributed by atoms with Gasteiger partial charge in [0.25, 0.3) is 5.91 Å². The maximum absolute atomic E-state index is 13.6. The van der Waals surface area contributed by atoms with E-state index in [1.165, 1.54) is 18.9 Å². The lowest BCUT2D eigenvalue weighted by Gasteiger charge is -2.22. The quantitative estimate of drug-likeness (QED) is 0.554. The Morgan fingerprint density at radius 2 is 1.71 bits per heavy atom. The van der Waals surface area contributed by atoms with E-state index in [1.54, 1.807) is 54.5 Å². The summed E-state index contributed by atoms with van der Waals surface area (Å²) < 4.78 is 22.6. The number of benzene rings is 2. The third kappa shape index (κ3) is 3.98. The number of aromatic amines is 1. The number of hydrogen-bond acceptors (Lipinski definition) is 6. The van der Waals surface area contributed by atoms with Crippen LogP contribution in [-0.4, -0.2) is 43.4 Å². The van der Waals surface area contributed by atoms with Crippen molar-refractivity contribution in [1.82, 2.24) is 10.2 Å². The zero-order valence-electron chi connectivity index (χ0n) is 17.6. The Morgan fingerprint density at radius 1 is 1.06 bits per heavy atom. The molecule has 1 aliphatic rings. The van der Waals surface area contributed by atoms with Crippen molar-refractivity contribution >= 4 is 5.91 Å². The third-order valence-electron chi connectivity index (χ3n) is 5.28. The molecule has 1 N–H and O–H groups in total. The van der Waals surface area contributed by atoms with E-state index in [1.807, 2.05) is 0 Å². The molecule has 0 unspecified atom stereocenters. The molecule has 162 valence electrons. The van der Waals surface area contributed by atoms with E-state index >= 15 is 0 Å². The Labute approximate surface area is 178 Å². The second-order valence-electron chi connectivity index (χ2n) is 7.16. The molecule has 9 nitrogen and oxygen atoms in total. The van der Waals surface area contributed by atoms with Gasteiger partial charge in [-0.05, 0) is 47.1 Å². The van der Waals surface area contributed by atoms with E-state index < -0.39 is 5.63 Å². The third-order valence-corrected chi connectivity index (χ3v) is 5.28. The minimum atomic E-state index is -0.541. The molecule has 0 radical (unpaired) electrons. The maximum Gasteiger partial charge on any atom is 0.432 e. The molecule has 0 spiro atoms. The molecule has 2 aromatic carbocycles. The first-order chi connectivity index (χ1) is 15.1. The number of carbonyl (C=O) groups is 1. The second kappa shape index (κ2) is 8.55. The van der Waals surface area contributed by atoms with Crippen molar-refractivity contribution in [1.29, 1.82) is 0 Å². The highest BCUT2D eigenvalue weighted by Crippen LogP contribution is 2.35. The summed E-state index contributed by atoms with van der Waals surface area (Å²) in [5, 5.41) is 2.62. The van der Waals surface area contributed by atoms with Crippen LogP contribution in [0.4, 0.5) is 0 Å². The predicted octanol–water partition coefficient (Wildman–Crippen LogP) is 2.08. The number of amides is 1. The van der Waals surface area contributed by atoms with E-state index in [4.69, 9.17) is 18.7 Å². The molecule has 9 heteroatoms. The van der Waals surface area contributed by atoms with Gasteiger partial charge in [0.1, 0.15) is 29.4 Å². The Kier molecular flexibility index (Phi) is 5.66. The van der Waals surface area contributed by atoms with Crippen LogP contribution in [0.25, 0.3) is 5.69 Å². The fourth-order valence-electron chi connectivity index (χ4n) is 3.49. The van der Waals surface area contributed by atoms with Gasteiger partial charge >= 0.3 is 11.3 Å². The first-order valence-corrected chi connectivity index (χ1v) is 9.86. The molecule has 31 heavy (non-hydrogen) atoms. The number of nitrogens with one attached hydrogen (secondary N) is 1. The van der Waals surface area contributed by atoms with Crippen molar-refractivity contribution in [2.75, 3.05) is 21.3 Å². The molecule has 1 fully saturated rings. The van der Waals surface area contributed by atoms with Gasteiger partial charge in [-0.2, -0.15) is 0 Å². The van der Waals surface area contributed by atoms with Gasteiger partial charge in [-0.15, -0.1) is 0 Å². The molecule has 1 amide bonds. The van der Waals surface area contributed by atoms with E-state index in [2.05, 4.69) is 5.27 Å². The summed E-state index contributed by atoms with van der Waals surface area (Å²) in [6.45, 7) is 0.0720. The zero-order valence-corrected chi connectivity index (χ0v) is 17.6. The van der Waals surface area contributed by atoms with Gasteiger partial charge in [0, 0.05) is 18.2 Å². The molecule has 4 rings (SSSR count). The molecule has 1 aromatic heterocycles. The molecule has 1 saturated carbocycles. The summed E-state index contributed by atoms with van der Waals surface area (Å²) in [5.74, 6) is 1.26. The van der Waals surface area contributed by atoms with Crippen LogP contribution < -0.4 is 24.5 Å². The van der Waals surface area contributed by atoms with Gasteiger partial charge in [0.2, 0.25) is 5.69 Å². The fraction of sp³-hybridized carbons (Fsp3) is 0.318. The Balaban J connectivity index is 1.70. The number of H-pyrrole nitrogens is 1. The monoisotopic (exact) mass is 426 g/mol. The largest absolute Gasteiger partial charge is 0.497 e. The molecule has 0 saturated heterocycles. The lowest BCUT2D eigenvalue weighted by Crippen LogP contribution is -2.44. The number of rotatable bonds is 8. The summed E-state index contributed by atoms with van der Waals surface area (Å²) in [7, 11) is 4.59. The van der Waals surface area contributed by atoms with Crippen LogP contribution >= 0.6 is 0 Å². The average Bonchev–Trinajstić information content (AvgIpc) is 3.59. The Hall–Kier alpha value is -3.75. The highest BCUT2D eigenvalue weighted by Gasteiger charge is 2.39.